The lowest BCUT2D eigenvalue weighted by atomic mass is 10.1. The number of ether oxygens (including phenoxy) is 1. The molecule has 2 aromatic carbocycles. The molecule has 9 heteroatoms. The first-order valence-corrected chi connectivity index (χ1v) is 9.44. The average molecular weight is 423 g/mol. The third kappa shape index (κ3) is 8.12. The third-order valence-corrected chi connectivity index (χ3v) is 4.24. The summed E-state index contributed by atoms with van der Waals surface area (Å²) in [4.78, 5) is 23.7. The third-order valence-electron chi connectivity index (χ3n) is 4.24. The second-order valence-corrected chi connectivity index (χ2v) is 6.66. The number of unbranched alkanes of at least 4 members (excludes halogenated alkanes) is 1. The van der Waals surface area contributed by atoms with Crippen LogP contribution in [0.4, 0.5) is 23.7 Å². The fraction of sp³-hybridized carbons (Fsp3) is 0.333. The molecular formula is C21H24F3N3O3. The van der Waals surface area contributed by atoms with Crippen molar-refractivity contribution in [3.63, 3.8) is 0 Å². The summed E-state index contributed by atoms with van der Waals surface area (Å²) in [6.07, 6.45) is -3.40. The zero-order valence-electron chi connectivity index (χ0n) is 16.2. The Kier molecular flexibility index (Phi) is 8.67. The predicted octanol–water partition coefficient (Wildman–Crippen LogP) is 4.07. The molecule has 0 spiro atoms. The van der Waals surface area contributed by atoms with E-state index in [-0.39, 0.29) is 12.3 Å². The van der Waals surface area contributed by atoms with E-state index in [2.05, 4.69) is 10.6 Å². The molecule has 2 amide bonds. The number of hydrogen-bond acceptors (Lipinski definition) is 4. The first kappa shape index (κ1) is 23.2. The van der Waals surface area contributed by atoms with Crippen LogP contribution in [0, 0.1) is 0 Å². The van der Waals surface area contributed by atoms with Crippen molar-refractivity contribution in [2.24, 2.45) is 5.73 Å². The maximum Gasteiger partial charge on any atom is 0.416 e. The van der Waals surface area contributed by atoms with E-state index >= 15 is 0 Å². The van der Waals surface area contributed by atoms with Gasteiger partial charge < -0.3 is 21.1 Å². The molecule has 2 aromatic rings. The molecule has 0 heterocycles. The fourth-order valence-electron chi connectivity index (χ4n) is 2.56. The first-order valence-electron chi connectivity index (χ1n) is 9.44. The number of anilines is 1. The van der Waals surface area contributed by atoms with E-state index in [1.807, 2.05) is 30.3 Å². The molecule has 6 nitrogen and oxygen atoms in total. The van der Waals surface area contributed by atoms with Gasteiger partial charge >= 0.3 is 12.3 Å². The highest BCUT2D eigenvalue weighted by Gasteiger charge is 2.30. The number of nitrogens with two attached hydrogens (primary N) is 1. The van der Waals surface area contributed by atoms with Crippen molar-refractivity contribution in [2.45, 2.75) is 38.1 Å². The van der Waals surface area contributed by atoms with Crippen molar-refractivity contribution in [1.82, 2.24) is 5.32 Å². The number of alkyl halides is 3. The summed E-state index contributed by atoms with van der Waals surface area (Å²) in [6, 6.07) is 12.6. The number of alkyl carbamates (subject to hydrolysis) is 1. The van der Waals surface area contributed by atoms with E-state index in [9.17, 15) is 22.8 Å². The van der Waals surface area contributed by atoms with Gasteiger partial charge in [-0.1, -0.05) is 30.3 Å². The van der Waals surface area contributed by atoms with E-state index in [0.29, 0.717) is 25.8 Å². The van der Waals surface area contributed by atoms with Crippen molar-refractivity contribution in [2.75, 3.05) is 11.9 Å². The zero-order chi connectivity index (χ0) is 22.0. The van der Waals surface area contributed by atoms with E-state index in [1.54, 1.807) is 0 Å². The van der Waals surface area contributed by atoms with Crippen LogP contribution in [0.5, 0.6) is 0 Å². The van der Waals surface area contributed by atoms with Gasteiger partial charge in [-0.3, -0.25) is 4.79 Å². The van der Waals surface area contributed by atoms with Gasteiger partial charge in [-0.25, -0.2) is 4.79 Å². The van der Waals surface area contributed by atoms with Gasteiger partial charge in [0.15, 0.2) is 0 Å². The molecule has 0 aliphatic carbocycles. The van der Waals surface area contributed by atoms with E-state index < -0.39 is 29.8 Å². The molecule has 1 atom stereocenters. The Morgan fingerprint density at radius 2 is 1.67 bits per heavy atom. The Bertz CT molecular complexity index is 812. The van der Waals surface area contributed by atoms with Crippen LogP contribution < -0.4 is 16.4 Å². The summed E-state index contributed by atoms with van der Waals surface area (Å²) in [7, 11) is 0. The van der Waals surface area contributed by atoms with Crippen molar-refractivity contribution < 1.29 is 27.5 Å². The van der Waals surface area contributed by atoms with Crippen LogP contribution in [0.2, 0.25) is 0 Å². The highest BCUT2D eigenvalue weighted by atomic mass is 19.4. The summed E-state index contributed by atoms with van der Waals surface area (Å²) in [5, 5.41) is 5.11. The minimum absolute atomic E-state index is 0.182. The number of carbonyl (C=O) groups excluding carboxylic acids is 2. The molecule has 0 aromatic heterocycles. The fourth-order valence-corrected chi connectivity index (χ4v) is 2.56. The van der Waals surface area contributed by atoms with Crippen LogP contribution in [0.15, 0.2) is 54.6 Å². The maximum atomic E-state index is 12.5. The molecule has 0 unspecified atom stereocenters. The van der Waals surface area contributed by atoms with E-state index in [1.165, 1.54) is 12.1 Å². The number of amides is 2. The number of nitrogens with one attached hydrogen (secondary N) is 2. The van der Waals surface area contributed by atoms with Gasteiger partial charge in [0, 0.05) is 12.2 Å². The Morgan fingerprint density at radius 1 is 1.00 bits per heavy atom. The van der Waals surface area contributed by atoms with Crippen LogP contribution in [0.25, 0.3) is 0 Å². The number of carbonyl (C=O) groups is 2. The van der Waals surface area contributed by atoms with Gasteiger partial charge in [0.05, 0.1) is 11.6 Å². The molecule has 4 N–H and O–H groups in total. The number of rotatable bonds is 9. The Morgan fingerprint density at radius 3 is 2.30 bits per heavy atom. The smallest absolute Gasteiger partial charge is 0.416 e. The lowest BCUT2D eigenvalue weighted by molar-refractivity contribution is -0.137. The molecule has 162 valence electrons. The van der Waals surface area contributed by atoms with Gasteiger partial charge in [0.1, 0.15) is 6.61 Å². The Hall–Kier alpha value is -3.07. The number of hydrogen-bond donors (Lipinski definition) is 3. The molecule has 0 aliphatic rings. The Balaban J connectivity index is 1.60. The minimum atomic E-state index is -4.43. The summed E-state index contributed by atoms with van der Waals surface area (Å²) in [6.45, 7) is 0.558. The zero-order valence-corrected chi connectivity index (χ0v) is 16.2. The average Bonchev–Trinajstić information content (AvgIpc) is 2.72. The molecular weight excluding hydrogens is 399 g/mol. The minimum Gasteiger partial charge on any atom is -0.445 e. The predicted molar refractivity (Wildman–Crippen MR) is 107 cm³/mol. The summed E-state index contributed by atoms with van der Waals surface area (Å²) >= 11 is 0. The second-order valence-electron chi connectivity index (χ2n) is 6.66. The van der Waals surface area contributed by atoms with Crippen LogP contribution in [-0.2, 0) is 22.3 Å². The Labute approximate surface area is 172 Å². The normalized spacial score (nSPS) is 12.1. The van der Waals surface area contributed by atoms with Gasteiger partial charge in [-0.05, 0) is 49.1 Å². The summed E-state index contributed by atoms with van der Waals surface area (Å²) in [5.41, 5.74) is 6.15. The van der Waals surface area contributed by atoms with Crippen LogP contribution in [0.3, 0.4) is 0 Å². The lowest BCUT2D eigenvalue weighted by Gasteiger charge is -2.13. The highest BCUT2D eigenvalue weighted by molar-refractivity contribution is 5.94. The van der Waals surface area contributed by atoms with E-state index in [0.717, 1.165) is 17.7 Å². The first-order chi connectivity index (χ1) is 14.3. The molecule has 0 radical (unpaired) electrons. The molecule has 0 bridgehead atoms. The van der Waals surface area contributed by atoms with Crippen molar-refractivity contribution in [3.05, 3.63) is 65.7 Å². The highest BCUT2D eigenvalue weighted by Crippen LogP contribution is 2.29. The molecule has 30 heavy (non-hydrogen) atoms. The monoisotopic (exact) mass is 423 g/mol. The standard InChI is InChI=1S/C21H24F3N3O3/c22-21(23,24)16-9-11-17(12-10-16)27-19(28)18(25)8-4-5-13-26-20(29)30-14-15-6-2-1-3-7-15/h1-3,6-7,9-12,18H,4-5,8,13-14,25H2,(H,26,29)(H,27,28)/t18-/m0/s1. The van der Waals surface area contributed by atoms with Crippen LogP contribution in [-0.4, -0.2) is 24.6 Å². The summed E-state index contributed by atoms with van der Waals surface area (Å²) in [5.74, 6) is -0.481. The van der Waals surface area contributed by atoms with Crippen molar-refractivity contribution in [1.29, 1.82) is 0 Å². The lowest BCUT2D eigenvalue weighted by Crippen LogP contribution is -2.35. The van der Waals surface area contributed by atoms with Crippen molar-refractivity contribution in [3.8, 4) is 0 Å². The molecule has 0 aliphatic heterocycles. The molecule has 0 fully saturated rings. The summed E-state index contributed by atoms with van der Waals surface area (Å²) < 4.78 is 42.7. The van der Waals surface area contributed by atoms with Gasteiger partial charge in [-0.2, -0.15) is 13.2 Å². The topological polar surface area (TPSA) is 93.4 Å². The SMILES string of the molecule is N[C@@H](CCCCNC(=O)OCc1ccccc1)C(=O)Nc1ccc(C(F)(F)F)cc1. The maximum absolute atomic E-state index is 12.5. The van der Waals surface area contributed by atoms with Crippen LogP contribution in [0.1, 0.15) is 30.4 Å². The molecule has 0 saturated carbocycles. The van der Waals surface area contributed by atoms with E-state index in [4.69, 9.17) is 10.5 Å². The molecule has 2 rings (SSSR count). The van der Waals surface area contributed by atoms with Gasteiger partial charge in [-0.15, -0.1) is 0 Å². The molecule has 0 saturated heterocycles. The largest absolute Gasteiger partial charge is 0.445 e. The number of benzene rings is 2. The van der Waals surface area contributed by atoms with Gasteiger partial charge in [0.25, 0.3) is 0 Å². The van der Waals surface area contributed by atoms with Gasteiger partial charge in [0.2, 0.25) is 5.91 Å². The van der Waals surface area contributed by atoms with Crippen LogP contribution >= 0.6 is 0 Å². The second kappa shape index (κ2) is 11.2. The quantitative estimate of drug-likeness (QED) is 0.530. The van der Waals surface area contributed by atoms with Crippen molar-refractivity contribution >= 4 is 17.7 Å². The number of halogens is 3.